The maximum absolute atomic E-state index is 5.37. The molecule has 0 aromatic heterocycles. The summed E-state index contributed by atoms with van der Waals surface area (Å²) >= 11 is 3.48. The van der Waals surface area contributed by atoms with Crippen molar-refractivity contribution in [3.63, 3.8) is 0 Å². The fraction of sp³-hybridized carbons (Fsp3) is 0.533. The molecule has 0 unspecified atom stereocenters. The Hall–Kier alpha value is -0.540. The summed E-state index contributed by atoms with van der Waals surface area (Å²) in [6.45, 7) is 5.40. The van der Waals surface area contributed by atoms with Gasteiger partial charge in [0.05, 0.1) is 17.2 Å². The fourth-order valence-electron chi connectivity index (χ4n) is 1.59. The molecular weight excluding hydrogens is 461 g/mol. The molecule has 0 bridgehead atoms. The van der Waals surface area contributed by atoms with E-state index in [1.54, 1.807) is 21.3 Å². The zero-order valence-corrected chi connectivity index (χ0v) is 17.6. The molecule has 0 heterocycles. The predicted molar refractivity (Wildman–Crippen MR) is 105 cm³/mol. The molecule has 2 N–H and O–H groups in total. The maximum Gasteiger partial charge on any atom is 0.191 e. The number of nitrogens with zero attached hydrogens (tertiary/aromatic N) is 1. The van der Waals surface area contributed by atoms with Crippen LogP contribution in [0.1, 0.15) is 19.4 Å². The smallest absolute Gasteiger partial charge is 0.191 e. The molecule has 7 heteroatoms. The first-order valence-electron chi connectivity index (χ1n) is 6.74. The quantitative estimate of drug-likeness (QED) is 0.369. The van der Waals surface area contributed by atoms with Gasteiger partial charge in [-0.15, -0.1) is 24.0 Å². The van der Waals surface area contributed by atoms with Crippen molar-refractivity contribution in [2.75, 3.05) is 27.8 Å². The van der Waals surface area contributed by atoms with Crippen LogP contribution in [0.2, 0.25) is 0 Å². The van der Waals surface area contributed by atoms with E-state index in [0.717, 1.165) is 21.7 Å². The first kappa shape index (κ1) is 21.5. The van der Waals surface area contributed by atoms with Crippen LogP contribution in [0.15, 0.2) is 27.7 Å². The van der Waals surface area contributed by atoms with E-state index >= 15 is 0 Å². The molecular formula is C15H25BrIN3O2. The molecule has 0 saturated heterocycles. The fourth-order valence-corrected chi connectivity index (χ4v) is 2.18. The summed E-state index contributed by atoms with van der Waals surface area (Å²) in [7, 11) is 5.10. The van der Waals surface area contributed by atoms with E-state index in [2.05, 4.69) is 31.6 Å². The van der Waals surface area contributed by atoms with E-state index in [9.17, 15) is 0 Å². The molecule has 5 nitrogen and oxygen atoms in total. The molecule has 0 amide bonds. The standard InChI is InChI=1S/C15H24BrN3O2.HI/c1-15(2,21-5)10-19-14(17-3)18-9-11-6-7-13(20-4)12(16)8-11;/h6-8H,9-10H2,1-5H3,(H2,17,18,19);1H. The van der Waals surface area contributed by atoms with Crippen molar-refractivity contribution in [1.29, 1.82) is 0 Å². The summed E-state index contributed by atoms with van der Waals surface area (Å²) in [6, 6.07) is 5.98. The van der Waals surface area contributed by atoms with E-state index < -0.39 is 0 Å². The lowest BCUT2D eigenvalue weighted by Crippen LogP contribution is -2.45. The van der Waals surface area contributed by atoms with Crippen molar-refractivity contribution in [1.82, 2.24) is 10.6 Å². The third-order valence-electron chi connectivity index (χ3n) is 3.13. The van der Waals surface area contributed by atoms with Crippen molar-refractivity contribution in [3.8, 4) is 5.75 Å². The molecule has 126 valence electrons. The number of halogens is 2. The number of methoxy groups -OCH3 is 2. The van der Waals surface area contributed by atoms with Gasteiger partial charge in [0, 0.05) is 27.2 Å². The van der Waals surface area contributed by atoms with Gasteiger partial charge in [-0.1, -0.05) is 6.07 Å². The number of benzene rings is 1. The Morgan fingerprint density at radius 2 is 1.95 bits per heavy atom. The van der Waals surface area contributed by atoms with Gasteiger partial charge in [-0.3, -0.25) is 4.99 Å². The number of nitrogens with one attached hydrogen (secondary N) is 2. The van der Waals surface area contributed by atoms with Crippen LogP contribution >= 0.6 is 39.9 Å². The van der Waals surface area contributed by atoms with Crippen molar-refractivity contribution >= 4 is 45.9 Å². The van der Waals surface area contributed by atoms with Crippen molar-refractivity contribution < 1.29 is 9.47 Å². The zero-order valence-electron chi connectivity index (χ0n) is 13.7. The van der Waals surface area contributed by atoms with E-state index in [0.29, 0.717) is 13.1 Å². The van der Waals surface area contributed by atoms with Gasteiger partial charge < -0.3 is 20.1 Å². The molecule has 22 heavy (non-hydrogen) atoms. The summed E-state index contributed by atoms with van der Waals surface area (Å²) in [5.41, 5.74) is 0.900. The molecule has 0 spiro atoms. The molecule has 0 saturated carbocycles. The number of guanidine groups is 1. The molecule has 0 aliphatic carbocycles. The Morgan fingerprint density at radius 3 is 2.45 bits per heavy atom. The zero-order chi connectivity index (χ0) is 15.9. The Labute approximate surface area is 158 Å². The van der Waals surface area contributed by atoms with Crippen molar-refractivity contribution in [3.05, 3.63) is 28.2 Å². The van der Waals surface area contributed by atoms with E-state index in [1.807, 2.05) is 32.0 Å². The number of aliphatic imine (C=N–C) groups is 1. The van der Waals surface area contributed by atoms with Gasteiger partial charge in [0.1, 0.15) is 5.75 Å². The highest BCUT2D eigenvalue weighted by Crippen LogP contribution is 2.25. The summed E-state index contributed by atoms with van der Waals surface area (Å²) < 4.78 is 11.5. The van der Waals surface area contributed by atoms with Crippen LogP contribution in [-0.4, -0.2) is 39.4 Å². The highest BCUT2D eigenvalue weighted by Gasteiger charge is 2.16. The van der Waals surface area contributed by atoms with Crippen molar-refractivity contribution in [2.45, 2.75) is 26.0 Å². The van der Waals surface area contributed by atoms with E-state index in [4.69, 9.17) is 9.47 Å². The number of ether oxygens (including phenoxy) is 2. The van der Waals surface area contributed by atoms with E-state index in [-0.39, 0.29) is 29.6 Å². The van der Waals surface area contributed by atoms with Crippen LogP contribution in [0.3, 0.4) is 0 Å². The molecule has 1 aromatic rings. The maximum atomic E-state index is 5.37. The van der Waals surface area contributed by atoms with Crippen LogP contribution in [0.4, 0.5) is 0 Å². The molecule has 0 aliphatic heterocycles. The van der Waals surface area contributed by atoms with Gasteiger partial charge in [0.25, 0.3) is 0 Å². The second kappa shape index (κ2) is 10.3. The first-order chi connectivity index (χ1) is 9.91. The Morgan fingerprint density at radius 1 is 1.27 bits per heavy atom. The lowest BCUT2D eigenvalue weighted by atomic mass is 10.1. The number of rotatable bonds is 6. The normalized spacial score (nSPS) is 11.6. The molecule has 0 fully saturated rings. The SMILES string of the molecule is CN=C(NCc1ccc(OC)c(Br)c1)NCC(C)(C)OC.I. The van der Waals surface area contributed by atoms with Crippen molar-refractivity contribution in [2.24, 2.45) is 4.99 Å². The highest BCUT2D eigenvalue weighted by molar-refractivity contribution is 14.0. The van der Waals surface area contributed by atoms with Gasteiger partial charge in [-0.05, 0) is 47.5 Å². The topological polar surface area (TPSA) is 54.9 Å². The summed E-state index contributed by atoms with van der Waals surface area (Å²) in [5, 5.41) is 6.51. The molecule has 0 atom stereocenters. The third kappa shape index (κ3) is 7.15. The van der Waals surface area contributed by atoms with Gasteiger partial charge in [0.15, 0.2) is 5.96 Å². The first-order valence-corrected chi connectivity index (χ1v) is 7.53. The summed E-state index contributed by atoms with van der Waals surface area (Å²) in [5.74, 6) is 1.56. The average Bonchev–Trinajstić information content (AvgIpc) is 2.47. The monoisotopic (exact) mass is 485 g/mol. The molecule has 0 radical (unpaired) electrons. The van der Waals surface area contributed by atoms with Gasteiger partial charge in [-0.2, -0.15) is 0 Å². The third-order valence-corrected chi connectivity index (χ3v) is 3.75. The van der Waals surface area contributed by atoms with Crippen LogP contribution in [0, 0.1) is 0 Å². The minimum atomic E-state index is -0.235. The van der Waals surface area contributed by atoms with Crippen LogP contribution in [-0.2, 0) is 11.3 Å². The van der Waals surface area contributed by atoms with Gasteiger partial charge in [-0.25, -0.2) is 0 Å². The lowest BCUT2D eigenvalue weighted by molar-refractivity contribution is 0.0268. The average molecular weight is 486 g/mol. The Bertz CT molecular complexity index is 496. The lowest BCUT2D eigenvalue weighted by Gasteiger charge is -2.24. The summed E-state index contributed by atoms with van der Waals surface area (Å²) in [4.78, 5) is 4.20. The Kier molecular flexibility index (Phi) is 10.0. The van der Waals surface area contributed by atoms with Crippen LogP contribution in [0.25, 0.3) is 0 Å². The highest BCUT2D eigenvalue weighted by atomic mass is 127. The van der Waals surface area contributed by atoms with Gasteiger partial charge in [0.2, 0.25) is 0 Å². The van der Waals surface area contributed by atoms with Crippen LogP contribution < -0.4 is 15.4 Å². The van der Waals surface area contributed by atoms with E-state index in [1.165, 1.54) is 0 Å². The second-order valence-electron chi connectivity index (χ2n) is 5.21. The largest absolute Gasteiger partial charge is 0.496 e. The molecule has 0 aliphatic rings. The predicted octanol–water partition coefficient (Wildman–Crippen LogP) is 3.17. The Balaban J connectivity index is 0.00000441. The number of hydrogen-bond donors (Lipinski definition) is 2. The molecule has 1 aromatic carbocycles. The van der Waals surface area contributed by atoms with Gasteiger partial charge >= 0.3 is 0 Å². The summed E-state index contributed by atoms with van der Waals surface area (Å²) in [6.07, 6.45) is 0. The second-order valence-corrected chi connectivity index (χ2v) is 6.07. The minimum Gasteiger partial charge on any atom is -0.496 e. The molecule has 1 rings (SSSR count). The number of hydrogen-bond acceptors (Lipinski definition) is 3. The van der Waals surface area contributed by atoms with Crippen LogP contribution in [0.5, 0.6) is 5.75 Å². The minimum absolute atomic E-state index is 0.